The highest BCUT2D eigenvalue weighted by Gasteiger charge is 2.13. The second-order valence-corrected chi connectivity index (χ2v) is 4.05. The van der Waals surface area contributed by atoms with Crippen molar-refractivity contribution in [3.63, 3.8) is 0 Å². The van der Waals surface area contributed by atoms with Gasteiger partial charge in [-0.2, -0.15) is 0 Å². The third-order valence-electron chi connectivity index (χ3n) is 2.73. The first kappa shape index (κ1) is 14.6. The third-order valence-corrected chi connectivity index (χ3v) is 2.73. The van der Waals surface area contributed by atoms with Crippen molar-refractivity contribution in [1.29, 1.82) is 0 Å². The molecule has 0 amide bonds. The molecule has 1 atom stereocenters. The van der Waals surface area contributed by atoms with E-state index >= 15 is 0 Å². The summed E-state index contributed by atoms with van der Waals surface area (Å²) in [6.45, 7) is 3.34. The molecule has 5 nitrogen and oxygen atoms in total. The van der Waals surface area contributed by atoms with Crippen molar-refractivity contribution in [3.05, 3.63) is 17.7 Å². The van der Waals surface area contributed by atoms with Gasteiger partial charge in [0.15, 0.2) is 11.5 Å². The van der Waals surface area contributed by atoms with E-state index in [9.17, 15) is 0 Å². The Hall–Kier alpha value is -1.46. The lowest BCUT2D eigenvalue weighted by Gasteiger charge is -2.16. The standard InChI is InChI=1S/C13H22N2O3/c1-9(7-14)15-8-10-5-11(16-2)13(18-4)12(6-10)17-3/h5-6,9,15H,7-8,14H2,1-4H3/t9-/m1/s1. The van der Waals surface area contributed by atoms with Gasteiger partial charge >= 0.3 is 0 Å². The molecule has 3 N–H and O–H groups in total. The molecule has 0 heterocycles. The molecule has 0 bridgehead atoms. The quantitative estimate of drug-likeness (QED) is 0.764. The van der Waals surface area contributed by atoms with Crippen molar-refractivity contribution in [2.24, 2.45) is 5.73 Å². The molecule has 1 rings (SSSR count). The zero-order valence-corrected chi connectivity index (χ0v) is 11.4. The second-order valence-electron chi connectivity index (χ2n) is 4.05. The molecule has 0 aliphatic heterocycles. The maximum atomic E-state index is 5.56. The van der Waals surface area contributed by atoms with E-state index < -0.39 is 0 Å². The Balaban J connectivity index is 2.93. The summed E-state index contributed by atoms with van der Waals surface area (Å²) in [4.78, 5) is 0. The topological polar surface area (TPSA) is 65.7 Å². The molecule has 0 fully saturated rings. The Morgan fingerprint density at radius 3 is 2.06 bits per heavy atom. The van der Waals surface area contributed by atoms with Crippen molar-refractivity contribution in [3.8, 4) is 17.2 Å². The fraction of sp³-hybridized carbons (Fsp3) is 0.538. The fourth-order valence-corrected chi connectivity index (χ4v) is 1.61. The highest BCUT2D eigenvalue weighted by Crippen LogP contribution is 2.38. The molecule has 1 aromatic rings. The Labute approximate surface area is 108 Å². The van der Waals surface area contributed by atoms with Gasteiger partial charge in [0.2, 0.25) is 5.75 Å². The number of ether oxygens (including phenoxy) is 3. The largest absolute Gasteiger partial charge is 0.493 e. The Morgan fingerprint density at radius 2 is 1.67 bits per heavy atom. The molecule has 0 aromatic heterocycles. The minimum atomic E-state index is 0.268. The lowest BCUT2D eigenvalue weighted by atomic mass is 10.1. The van der Waals surface area contributed by atoms with Gasteiger partial charge in [0.25, 0.3) is 0 Å². The van der Waals surface area contributed by atoms with E-state index in [0.29, 0.717) is 30.3 Å². The summed E-state index contributed by atoms with van der Waals surface area (Å²) in [5, 5.41) is 3.31. The number of hydrogen-bond acceptors (Lipinski definition) is 5. The molecule has 0 aliphatic carbocycles. The van der Waals surface area contributed by atoms with Crippen LogP contribution in [0.15, 0.2) is 12.1 Å². The van der Waals surface area contributed by atoms with Gasteiger partial charge in [0.05, 0.1) is 21.3 Å². The van der Waals surface area contributed by atoms with Crippen LogP contribution in [0.4, 0.5) is 0 Å². The molecule has 0 aliphatic rings. The average Bonchev–Trinajstić information content (AvgIpc) is 2.43. The molecule has 5 heteroatoms. The van der Waals surface area contributed by atoms with Crippen LogP contribution in [0.1, 0.15) is 12.5 Å². The van der Waals surface area contributed by atoms with Gasteiger partial charge in [0.1, 0.15) is 0 Å². The summed E-state index contributed by atoms with van der Waals surface area (Å²) < 4.78 is 15.9. The van der Waals surface area contributed by atoms with Crippen LogP contribution in [0.5, 0.6) is 17.2 Å². The predicted octanol–water partition coefficient (Wildman–Crippen LogP) is 1.15. The maximum absolute atomic E-state index is 5.56. The van der Waals surface area contributed by atoms with E-state index in [1.165, 1.54) is 0 Å². The zero-order valence-electron chi connectivity index (χ0n) is 11.4. The first-order valence-electron chi connectivity index (χ1n) is 5.88. The summed E-state index contributed by atoms with van der Waals surface area (Å²) in [6.07, 6.45) is 0. The van der Waals surface area contributed by atoms with Crippen molar-refractivity contribution >= 4 is 0 Å². The number of rotatable bonds is 7. The second kappa shape index (κ2) is 7.08. The van der Waals surface area contributed by atoms with Crippen LogP contribution in [0, 0.1) is 0 Å². The Kier molecular flexibility index (Phi) is 5.74. The van der Waals surface area contributed by atoms with Gasteiger partial charge in [-0.25, -0.2) is 0 Å². The molecule has 0 unspecified atom stereocenters. The highest BCUT2D eigenvalue weighted by atomic mass is 16.5. The van der Waals surface area contributed by atoms with Crippen LogP contribution in [0.25, 0.3) is 0 Å². The lowest BCUT2D eigenvalue weighted by Crippen LogP contribution is -2.32. The first-order chi connectivity index (χ1) is 8.65. The van der Waals surface area contributed by atoms with E-state index in [-0.39, 0.29) is 6.04 Å². The molecular weight excluding hydrogens is 232 g/mol. The molecule has 0 saturated carbocycles. The van der Waals surface area contributed by atoms with E-state index in [0.717, 1.165) is 5.56 Å². The van der Waals surface area contributed by atoms with Gasteiger partial charge in [0, 0.05) is 19.1 Å². The van der Waals surface area contributed by atoms with Crippen LogP contribution in [0.3, 0.4) is 0 Å². The molecule has 0 radical (unpaired) electrons. The van der Waals surface area contributed by atoms with Gasteiger partial charge in [-0.1, -0.05) is 0 Å². The predicted molar refractivity (Wildman–Crippen MR) is 71.5 cm³/mol. The van der Waals surface area contributed by atoms with Gasteiger partial charge in [-0.05, 0) is 24.6 Å². The average molecular weight is 254 g/mol. The van der Waals surface area contributed by atoms with E-state index in [4.69, 9.17) is 19.9 Å². The number of hydrogen-bond donors (Lipinski definition) is 2. The maximum Gasteiger partial charge on any atom is 0.203 e. The van der Waals surface area contributed by atoms with Crippen molar-refractivity contribution < 1.29 is 14.2 Å². The summed E-state index contributed by atoms with van der Waals surface area (Å²) >= 11 is 0. The van der Waals surface area contributed by atoms with E-state index in [1.807, 2.05) is 19.1 Å². The summed E-state index contributed by atoms with van der Waals surface area (Å²) in [7, 11) is 4.81. The number of benzene rings is 1. The minimum absolute atomic E-state index is 0.268. The Morgan fingerprint density at radius 1 is 1.11 bits per heavy atom. The van der Waals surface area contributed by atoms with Crippen molar-refractivity contribution in [2.45, 2.75) is 19.5 Å². The number of nitrogens with one attached hydrogen (secondary N) is 1. The summed E-state index contributed by atoms with van der Waals surface area (Å²) in [6, 6.07) is 4.12. The SMILES string of the molecule is COc1cc(CN[C@H](C)CN)cc(OC)c1OC. The molecule has 102 valence electrons. The minimum Gasteiger partial charge on any atom is -0.493 e. The van der Waals surface area contributed by atoms with Crippen LogP contribution >= 0.6 is 0 Å². The first-order valence-corrected chi connectivity index (χ1v) is 5.88. The zero-order chi connectivity index (χ0) is 13.5. The van der Waals surface area contributed by atoms with Crippen LogP contribution in [-0.2, 0) is 6.54 Å². The van der Waals surface area contributed by atoms with Gasteiger partial charge in [-0.3, -0.25) is 0 Å². The monoisotopic (exact) mass is 254 g/mol. The van der Waals surface area contributed by atoms with Crippen LogP contribution in [-0.4, -0.2) is 33.9 Å². The highest BCUT2D eigenvalue weighted by molar-refractivity contribution is 5.53. The molecular formula is C13H22N2O3. The smallest absolute Gasteiger partial charge is 0.203 e. The van der Waals surface area contributed by atoms with Crippen molar-refractivity contribution in [2.75, 3.05) is 27.9 Å². The molecule has 0 saturated heterocycles. The Bertz CT molecular complexity index is 357. The normalized spacial score (nSPS) is 12.1. The molecule has 1 aromatic carbocycles. The lowest BCUT2D eigenvalue weighted by molar-refractivity contribution is 0.323. The van der Waals surface area contributed by atoms with E-state index in [2.05, 4.69) is 5.32 Å². The molecule has 0 spiro atoms. The van der Waals surface area contributed by atoms with E-state index in [1.54, 1.807) is 21.3 Å². The van der Waals surface area contributed by atoms with Crippen LogP contribution in [0.2, 0.25) is 0 Å². The van der Waals surface area contributed by atoms with Crippen LogP contribution < -0.4 is 25.3 Å². The summed E-state index contributed by atoms with van der Waals surface area (Å²) in [5.41, 5.74) is 6.62. The van der Waals surface area contributed by atoms with Gasteiger partial charge < -0.3 is 25.3 Å². The third kappa shape index (κ3) is 3.51. The fourth-order valence-electron chi connectivity index (χ4n) is 1.61. The number of methoxy groups -OCH3 is 3. The molecule has 18 heavy (non-hydrogen) atoms. The summed E-state index contributed by atoms with van der Waals surface area (Å²) in [5.74, 6) is 1.93. The van der Waals surface area contributed by atoms with Crippen molar-refractivity contribution in [1.82, 2.24) is 5.32 Å². The number of nitrogens with two attached hydrogens (primary N) is 1. The van der Waals surface area contributed by atoms with Gasteiger partial charge in [-0.15, -0.1) is 0 Å².